The van der Waals surface area contributed by atoms with Gasteiger partial charge in [-0.1, -0.05) is 36.4 Å². The van der Waals surface area contributed by atoms with E-state index in [0.29, 0.717) is 0 Å². The summed E-state index contributed by atoms with van der Waals surface area (Å²) in [5, 5.41) is 9.14. The minimum atomic E-state index is -4.05. The highest BCUT2D eigenvalue weighted by Crippen LogP contribution is 2.29. The second-order valence-electron chi connectivity index (χ2n) is 4.34. The van der Waals surface area contributed by atoms with E-state index in [0.717, 1.165) is 0 Å². The van der Waals surface area contributed by atoms with Crippen molar-refractivity contribution in [2.75, 3.05) is 7.11 Å². The van der Waals surface area contributed by atoms with Crippen LogP contribution in [0.15, 0.2) is 59.5 Å². The Morgan fingerprint density at radius 2 is 1.64 bits per heavy atom. The van der Waals surface area contributed by atoms with Gasteiger partial charge in [0.25, 0.3) is 0 Å². The predicted molar refractivity (Wildman–Crippen MR) is 78.1 cm³/mol. The second kappa shape index (κ2) is 6.59. The normalized spacial score (nSPS) is 12.6. The Morgan fingerprint density at radius 1 is 1.05 bits per heavy atom. The largest absolute Gasteiger partial charge is 0.479 e. The molecule has 0 saturated heterocycles. The van der Waals surface area contributed by atoms with Gasteiger partial charge in [-0.2, -0.15) is 8.42 Å². The van der Waals surface area contributed by atoms with E-state index in [2.05, 4.69) is 0 Å². The molecule has 0 aliphatic carbocycles. The summed E-state index contributed by atoms with van der Waals surface area (Å²) in [7, 11) is -2.83. The average Bonchev–Trinajstić information content (AvgIpc) is 2.50. The smallest absolute Gasteiger partial charge is 0.339 e. The van der Waals surface area contributed by atoms with Gasteiger partial charge in [-0.25, -0.2) is 4.79 Å². The van der Waals surface area contributed by atoms with E-state index in [9.17, 15) is 13.2 Å². The lowest BCUT2D eigenvalue weighted by Gasteiger charge is -2.15. The van der Waals surface area contributed by atoms with E-state index in [1.54, 1.807) is 30.3 Å². The van der Waals surface area contributed by atoms with Crippen LogP contribution in [0.1, 0.15) is 11.7 Å². The Morgan fingerprint density at radius 3 is 2.23 bits per heavy atom. The fourth-order valence-electron chi connectivity index (χ4n) is 1.89. The van der Waals surface area contributed by atoms with Gasteiger partial charge in [0.2, 0.25) is 0 Å². The van der Waals surface area contributed by atoms with Crippen LogP contribution in [-0.4, -0.2) is 26.6 Å². The summed E-state index contributed by atoms with van der Waals surface area (Å²) in [4.78, 5) is 11.2. The molecule has 0 bridgehead atoms. The second-order valence-corrected chi connectivity index (χ2v) is 5.89. The number of carboxylic acids is 1. The molecule has 0 radical (unpaired) electrons. The molecular weight excluding hydrogens is 308 g/mol. The van der Waals surface area contributed by atoms with Gasteiger partial charge in [0.15, 0.2) is 6.10 Å². The molecule has 0 aromatic heterocycles. The first kappa shape index (κ1) is 16.0. The fourth-order valence-corrected chi connectivity index (χ4v) is 2.86. The minimum absolute atomic E-state index is 0.0194. The van der Waals surface area contributed by atoms with Crippen LogP contribution in [0.5, 0.6) is 5.75 Å². The summed E-state index contributed by atoms with van der Waals surface area (Å²) in [6.07, 6.45) is -1.32. The molecule has 2 aromatic carbocycles. The standard InChI is InChI=1S/C15H14O6S/c1-20-14(15(16)17)12-9-5-6-10-13(12)21-22(18,19)11-7-3-2-4-8-11/h2-10,14H,1H3,(H,16,17). The maximum Gasteiger partial charge on any atom is 0.339 e. The third kappa shape index (κ3) is 3.44. The van der Waals surface area contributed by atoms with Crippen molar-refractivity contribution in [3.63, 3.8) is 0 Å². The number of para-hydroxylation sites is 1. The molecule has 2 aromatic rings. The van der Waals surface area contributed by atoms with E-state index >= 15 is 0 Å². The molecule has 0 saturated carbocycles. The van der Waals surface area contributed by atoms with Crippen LogP contribution in [0.3, 0.4) is 0 Å². The predicted octanol–water partition coefficient (Wildman–Crippen LogP) is 2.23. The first-order valence-electron chi connectivity index (χ1n) is 6.30. The van der Waals surface area contributed by atoms with E-state index in [4.69, 9.17) is 14.0 Å². The third-order valence-electron chi connectivity index (χ3n) is 2.89. The molecule has 0 amide bonds. The summed E-state index contributed by atoms with van der Waals surface area (Å²) in [5.74, 6) is -1.32. The van der Waals surface area contributed by atoms with Crippen molar-refractivity contribution in [3.05, 3.63) is 60.2 Å². The number of hydrogen-bond donors (Lipinski definition) is 1. The molecule has 2 rings (SSSR count). The van der Waals surface area contributed by atoms with Crippen molar-refractivity contribution in [2.24, 2.45) is 0 Å². The number of methoxy groups -OCH3 is 1. The lowest BCUT2D eigenvalue weighted by molar-refractivity contribution is -0.148. The number of aliphatic carboxylic acids is 1. The van der Waals surface area contributed by atoms with Crippen LogP contribution in [0.25, 0.3) is 0 Å². The Labute approximate surface area is 128 Å². The van der Waals surface area contributed by atoms with Crippen LogP contribution in [0.2, 0.25) is 0 Å². The molecule has 1 atom stereocenters. The Kier molecular flexibility index (Phi) is 4.79. The van der Waals surface area contributed by atoms with E-state index < -0.39 is 22.2 Å². The summed E-state index contributed by atoms with van der Waals surface area (Å²) in [5.41, 5.74) is 0.122. The van der Waals surface area contributed by atoms with Crippen molar-refractivity contribution >= 4 is 16.1 Å². The first-order valence-corrected chi connectivity index (χ1v) is 7.70. The molecule has 22 heavy (non-hydrogen) atoms. The molecular formula is C15H14O6S. The zero-order valence-corrected chi connectivity index (χ0v) is 12.5. The summed E-state index contributed by atoms with van der Waals surface area (Å²) >= 11 is 0. The molecule has 1 unspecified atom stereocenters. The van der Waals surface area contributed by atoms with Gasteiger partial charge in [0.1, 0.15) is 10.6 Å². The van der Waals surface area contributed by atoms with Crippen LogP contribution < -0.4 is 4.18 Å². The highest BCUT2D eigenvalue weighted by molar-refractivity contribution is 7.87. The maximum atomic E-state index is 12.2. The van der Waals surface area contributed by atoms with Gasteiger partial charge in [0.05, 0.1) is 0 Å². The van der Waals surface area contributed by atoms with E-state index in [1.807, 2.05) is 0 Å². The minimum Gasteiger partial charge on any atom is -0.479 e. The molecule has 0 heterocycles. The SMILES string of the molecule is COC(C(=O)O)c1ccccc1OS(=O)(=O)c1ccccc1. The average molecular weight is 322 g/mol. The topological polar surface area (TPSA) is 89.9 Å². The van der Waals surface area contributed by atoms with Crippen LogP contribution in [0.4, 0.5) is 0 Å². The molecule has 1 N–H and O–H groups in total. The van der Waals surface area contributed by atoms with Gasteiger partial charge < -0.3 is 14.0 Å². The molecule has 0 aliphatic rings. The van der Waals surface area contributed by atoms with Gasteiger partial charge in [-0.15, -0.1) is 0 Å². The fraction of sp³-hybridized carbons (Fsp3) is 0.133. The highest BCUT2D eigenvalue weighted by Gasteiger charge is 2.26. The number of ether oxygens (including phenoxy) is 1. The Bertz CT molecular complexity index is 755. The molecule has 6 nitrogen and oxygen atoms in total. The van der Waals surface area contributed by atoms with Crippen molar-refractivity contribution in [1.29, 1.82) is 0 Å². The van der Waals surface area contributed by atoms with Crippen molar-refractivity contribution in [1.82, 2.24) is 0 Å². The van der Waals surface area contributed by atoms with E-state index in [1.165, 1.54) is 31.4 Å². The monoisotopic (exact) mass is 322 g/mol. The maximum absolute atomic E-state index is 12.2. The molecule has 116 valence electrons. The number of carboxylic acid groups (broad SMARTS) is 1. The molecule has 0 spiro atoms. The quantitative estimate of drug-likeness (QED) is 0.820. The van der Waals surface area contributed by atoms with Crippen LogP contribution in [0, 0.1) is 0 Å². The van der Waals surface area contributed by atoms with Crippen molar-refractivity contribution in [3.8, 4) is 5.75 Å². The van der Waals surface area contributed by atoms with Gasteiger partial charge in [-0.05, 0) is 18.2 Å². The summed E-state index contributed by atoms with van der Waals surface area (Å²) in [6.45, 7) is 0. The van der Waals surface area contributed by atoms with Crippen LogP contribution in [-0.2, 0) is 19.6 Å². The summed E-state index contributed by atoms with van der Waals surface area (Å²) < 4.78 is 34.4. The first-order chi connectivity index (χ1) is 10.5. The summed E-state index contributed by atoms with van der Waals surface area (Å²) in [6, 6.07) is 13.5. The Hall–Kier alpha value is -2.38. The van der Waals surface area contributed by atoms with Gasteiger partial charge in [0, 0.05) is 12.7 Å². The van der Waals surface area contributed by atoms with Crippen molar-refractivity contribution in [2.45, 2.75) is 11.0 Å². The number of carbonyl (C=O) groups is 1. The number of benzene rings is 2. The van der Waals surface area contributed by atoms with Gasteiger partial charge >= 0.3 is 16.1 Å². The lowest BCUT2D eigenvalue weighted by Crippen LogP contribution is -2.17. The van der Waals surface area contributed by atoms with E-state index in [-0.39, 0.29) is 16.2 Å². The molecule has 0 fully saturated rings. The third-order valence-corrected chi connectivity index (χ3v) is 4.14. The zero-order valence-electron chi connectivity index (χ0n) is 11.7. The Balaban J connectivity index is 2.41. The highest BCUT2D eigenvalue weighted by atomic mass is 32.2. The molecule has 7 heteroatoms. The lowest BCUT2D eigenvalue weighted by atomic mass is 10.1. The van der Waals surface area contributed by atoms with Crippen LogP contribution >= 0.6 is 0 Å². The number of hydrogen-bond acceptors (Lipinski definition) is 5. The molecule has 0 aliphatic heterocycles. The van der Waals surface area contributed by atoms with Crippen molar-refractivity contribution < 1.29 is 27.2 Å². The number of rotatable bonds is 6. The van der Waals surface area contributed by atoms with Gasteiger partial charge in [-0.3, -0.25) is 0 Å². The zero-order chi connectivity index (χ0) is 16.2.